The van der Waals surface area contributed by atoms with Crippen LogP contribution in [0, 0.1) is 5.41 Å². The molecule has 0 nitrogen and oxygen atoms in total. The Bertz CT molecular complexity index is 454. The number of rotatable bonds is 1. The zero-order chi connectivity index (χ0) is 13.3. The van der Waals surface area contributed by atoms with Crippen molar-refractivity contribution in [3.05, 3.63) is 46.1 Å². The second kappa shape index (κ2) is 7.76. The number of hydrogen-bond acceptors (Lipinski definition) is 0. The smallest absolute Gasteiger partial charge is 0.0310 e. The van der Waals surface area contributed by atoms with Gasteiger partial charge in [-0.05, 0) is 71.4 Å². The summed E-state index contributed by atoms with van der Waals surface area (Å²) in [5.74, 6) is 0. The van der Waals surface area contributed by atoms with Crippen LogP contribution in [-0.4, -0.2) is 0 Å². The Morgan fingerprint density at radius 2 is 1.50 bits per heavy atom. The first kappa shape index (κ1) is 19.9. The van der Waals surface area contributed by atoms with E-state index in [0.717, 1.165) is 0 Å². The Hall–Kier alpha value is -0.127. The van der Waals surface area contributed by atoms with E-state index < -0.39 is 0 Å². The molecule has 0 aromatic heterocycles. The standard InChI is InChI=1S/C18H26.ClH.Ru/c1-13-14(2)16(4)18(5,15(13)3)17-11-9-7-6-8-10-12-17;;/h7,9,11H,6,8,10,12H2,1-5H3;1H;. The van der Waals surface area contributed by atoms with Gasteiger partial charge in [-0.3, -0.25) is 0 Å². The van der Waals surface area contributed by atoms with Gasteiger partial charge in [-0.2, -0.15) is 0 Å². The van der Waals surface area contributed by atoms with Gasteiger partial charge >= 0.3 is 0 Å². The van der Waals surface area contributed by atoms with Gasteiger partial charge in [0.05, 0.1) is 0 Å². The third-order valence-electron chi connectivity index (χ3n) is 5.33. The van der Waals surface area contributed by atoms with Crippen LogP contribution in [0.1, 0.15) is 60.3 Å². The van der Waals surface area contributed by atoms with Crippen molar-refractivity contribution in [3.63, 3.8) is 0 Å². The molecular formula is C18H27ClRu. The van der Waals surface area contributed by atoms with Gasteiger partial charge < -0.3 is 0 Å². The summed E-state index contributed by atoms with van der Waals surface area (Å²) in [5, 5.41) is 0. The molecule has 0 amide bonds. The summed E-state index contributed by atoms with van der Waals surface area (Å²) >= 11 is 0. The molecule has 0 spiro atoms. The molecular weight excluding hydrogens is 353 g/mol. The van der Waals surface area contributed by atoms with Gasteiger partial charge in [-0.25, -0.2) is 0 Å². The number of hydrogen-bond donors (Lipinski definition) is 0. The summed E-state index contributed by atoms with van der Waals surface area (Å²) in [5.41, 5.74) is 7.89. The van der Waals surface area contributed by atoms with Crippen molar-refractivity contribution in [3.8, 4) is 0 Å². The van der Waals surface area contributed by atoms with Crippen LogP contribution in [0.4, 0.5) is 0 Å². The second-order valence-corrected chi connectivity index (χ2v) is 5.99. The summed E-state index contributed by atoms with van der Waals surface area (Å²) in [6, 6.07) is 0. The summed E-state index contributed by atoms with van der Waals surface area (Å²) < 4.78 is 0. The van der Waals surface area contributed by atoms with E-state index in [4.69, 9.17) is 0 Å². The fraction of sp³-hybridized carbons (Fsp3) is 0.556. The van der Waals surface area contributed by atoms with Crippen molar-refractivity contribution in [2.24, 2.45) is 5.41 Å². The van der Waals surface area contributed by atoms with Crippen LogP contribution in [0.2, 0.25) is 0 Å². The Morgan fingerprint density at radius 3 is 2.05 bits per heavy atom. The van der Waals surface area contributed by atoms with Gasteiger partial charge in [0.25, 0.3) is 0 Å². The molecule has 0 saturated heterocycles. The molecule has 0 unspecified atom stereocenters. The summed E-state index contributed by atoms with van der Waals surface area (Å²) in [7, 11) is 0. The van der Waals surface area contributed by atoms with Crippen LogP contribution in [0.5, 0.6) is 0 Å². The predicted molar refractivity (Wildman–Crippen MR) is 87.8 cm³/mol. The molecule has 2 heteroatoms. The van der Waals surface area contributed by atoms with Crippen LogP contribution < -0.4 is 0 Å². The van der Waals surface area contributed by atoms with E-state index in [1.807, 2.05) is 0 Å². The Labute approximate surface area is 143 Å². The van der Waals surface area contributed by atoms with Crippen molar-refractivity contribution in [1.82, 2.24) is 0 Å². The molecule has 0 bridgehead atoms. The zero-order valence-corrected chi connectivity index (χ0v) is 15.9. The Balaban J connectivity index is 0.00000180. The van der Waals surface area contributed by atoms with E-state index in [1.165, 1.54) is 36.8 Å². The van der Waals surface area contributed by atoms with Crippen molar-refractivity contribution in [2.45, 2.75) is 60.3 Å². The molecule has 0 heterocycles. The fourth-order valence-corrected chi connectivity index (χ4v) is 3.43. The summed E-state index contributed by atoms with van der Waals surface area (Å²) in [4.78, 5) is 0. The molecule has 0 aromatic carbocycles. The van der Waals surface area contributed by atoms with Gasteiger partial charge in [0, 0.05) is 24.9 Å². The molecule has 0 aromatic rings. The van der Waals surface area contributed by atoms with E-state index in [1.54, 1.807) is 16.7 Å². The number of halogens is 1. The van der Waals surface area contributed by atoms with Crippen LogP contribution in [0.25, 0.3) is 0 Å². The Kier molecular flexibility index (Phi) is 7.71. The minimum Gasteiger partial charge on any atom is -0.147 e. The van der Waals surface area contributed by atoms with Crippen molar-refractivity contribution in [2.75, 3.05) is 0 Å². The van der Waals surface area contributed by atoms with Crippen LogP contribution in [-0.2, 0) is 19.5 Å². The van der Waals surface area contributed by atoms with Crippen LogP contribution in [0.3, 0.4) is 0 Å². The molecule has 20 heavy (non-hydrogen) atoms. The summed E-state index contributed by atoms with van der Waals surface area (Å²) in [6.45, 7) is 11.6. The first-order chi connectivity index (χ1) is 8.49. The first-order valence-electron chi connectivity index (χ1n) is 7.22. The third-order valence-corrected chi connectivity index (χ3v) is 5.33. The normalized spacial score (nSPS) is 21.8. The topological polar surface area (TPSA) is 0 Å². The molecule has 114 valence electrons. The third kappa shape index (κ3) is 3.20. The van der Waals surface area contributed by atoms with E-state index >= 15 is 0 Å². The second-order valence-electron chi connectivity index (χ2n) is 5.99. The van der Waals surface area contributed by atoms with Gasteiger partial charge in [0.15, 0.2) is 0 Å². The monoisotopic (exact) mass is 380 g/mol. The average Bonchev–Trinajstić information content (AvgIpc) is 2.46. The van der Waals surface area contributed by atoms with E-state index in [9.17, 15) is 0 Å². The molecule has 0 fully saturated rings. The van der Waals surface area contributed by atoms with Gasteiger partial charge in [0.1, 0.15) is 0 Å². The molecule has 0 saturated carbocycles. The molecule has 2 aliphatic rings. The minimum atomic E-state index is 0. The number of allylic oxidation sites excluding steroid dienone is 8. The maximum Gasteiger partial charge on any atom is 0.0310 e. The minimum absolute atomic E-state index is 0. The van der Waals surface area contributed by atoms with Crippen molar-refractivity contribution >= 4 is 12.4 Å². The van der Waals surface area contributed by atoms with Crippen LogP contribution >= 0.6 is 12.4 Å². The predicted octanol–water partition coefficient (Wildman–Crippen LogP) is 6.16. The van der Waals surface area contributed by atoms with Gasteiger partial charge in [0.2, 0.25) is 0 Å². The molecule has 0 atom stereocenters. The van der Waals surface area contributed by atoms with Gasteiger partial charge in [-0.1, -0.05) is 34.9 Å². The van der Waals surface area contributed by atoms with Gasteiger partial charge in [-0.15, -0.1) is 12.4 Å². The molecule has 0 radical (unpaired) electrons. The summed E-state index contributed by atoms with van der Waals surface area (Å²) in [6.07, 6.45) is 12.1. The average molecular weight is 380 g/mol. The molecule has 0 aliphatic heterocycles. The largest absolute Gasteiger partial charge is 0.147 e. The van der Waals surface area contributed by atoms with E-state index in [2.05, 4.69) is 52.8 Å². The Morgan fingerprint density at radius 1 is 0.950 bits per heavy atom. The first-order valence-corrected chi connectivity index (χ1v) is 7.22. The van der Waals surface area contributed by atoms with E-state index in [0.29, 0.717) is 0 Å². The maximum absolute atomic E-state index is 2.42. The fourth-order valence-electron chi connectivity index (χ4n) is 3.43. The SMILES string of the molecule is CC1=C(C)C(C)(C2=CC=CCCCC2)C(C)=C1C.Cl.[Ru]. The zero-order valence-electron chi connectivity index (χ0n) is 13.3. The van der Waals surface area contributed by atoms with Crippen molar-refractivity contribution < 1.29 is 19.5 Å². The van der Waals surface area contributed by atoms with Crippen LogP contribution in [0.15, 0.2) is 46.1 Å². The molecule has 2 rings (SSSR count). The quantitative estimate of drug-likeness (QED) is 0.479. The molecule has 2 aliphatic carbocycles. The molecule has 0 N–H and O–H groups in total. The van der Waals surface area contributed by atoms with E-state index in [-0.39, 0.29) is 37.3 Å². The van der Waals surface area contributed by atoms with Crippen molar-refractivity contribution in [1.29, 1.82) is 0 Å². The maximum atomic E-state index is 2.42.